The third kappa shape index (κ3) is 3.51. The molecule has 4 rings (SSSR count). The van der Waals surface area contributed by atoms with E-state index in [1.165, 1.54) is 23.9 Å². The first-order valence-electron chi connectivity index (χ1n) is 8.55. The highest BCUT2D eigenvalue weighted by Gasteiger charge is 2.24. The highest BCUT2D eigenvalue weighted by molar-refractivity contribution is 8.00. The molecule has 3 aromatic rings. The maximum Gasteiger partial charge on any atom is 0.235 e. The van der Waals surface area contributed by atoms with Crippen molar-refractivity contribution in [1.29, 1.82) is 0 Å². The van der Waals surface area contributed by atoms with Gasteiger partial charge in [0.15, 0.2) is 0 Å². The Kier molecular flexibility index (Phi) is 4.75. The van der Waals surface area contributed by atoms with Crippen molar-refractivity contribution >= 4 is 23.5 Å². The number of hydrogen-bond acceptors (Lipinski definition) is 3. The zero-order chi connectivity index (χ0) is 17.9. The van der Waals surface area contributed by atoms with Crippen LogP contribution in [0.3, 0.4) is 0 Å². The van der Waals surface area contributed by atoms with Crippen molar-refractivity contribution in [2.75, 3.05) is 11.1 Å². The molecule has 1 aliphatic carbocycles. The van der Waals surface area contributed by atoms with Gasteiger partial charge in [-0.25, -0.2) is 9.07 Å². The molecule has 1 aliphatic rings. The van der Waals surface area contributed by atoms with Crippen LogP contribution < -0.4 is 5.32 Å². The highest BCUT2D eigenvalue weighted by atomic mass is 32.2. The van der Waals surface area contributed by atoms with Crippen LogP contribution in [0.25, 0.3) is 5.69 Å². The van der Waals surface area contributed by atoms with Gasteiger partial charge >= 0.3 is 0 Å². The SMILES string of the molecule is O=C(CSc1ccc(F)cc1)Nc1c2c(nn1-c1ccccc1)CCC2. The lowest BCUT2D eigenvalue weighted by Crippen LogP contribution is -2.18. The molecular formula is C20H18FN3OS. The molecule has 6 heteroatoms. The fourth-order valence-electron chi connectivity index (χ4n) is 3.12. The van der Waals surface area contributed by atoms with Gasteiger partial charge in [-0.05, 0) is 55.7 Å². The fraction of sp³-hybridized carbons (Fsp3) is 0.200. The summed E-state index contributed by atoms with van der Waals surface area (Å²) >= 11 is 1.39. The first-order chi connectivity index (χ1) is 12.7. The Morgan fingerprint density at radius 2 is 1.88 bits per heavy atom. The molecule has 132 valence electrons. The zero-order valence-corrected chi connectivity index (χ0v) is 14.9. The van der Waals surface area contributed by atoms with Gasteiger partial charge < -0.3 is 5.32 Å². The van der Waals surface area contributed by atoms with Crippen LogP contribution in [0.5, 0.6) is 0 Å². The van der Waals surface area contributed by atoms with Gasteiger partial charge in [-0.1, -0.05) is 18.2 Å². The number of amides is 1. The van der Waals surface area contributed by atoms with E-state index in [0.717, 1.165) is 46.9 Å². The predicted molar refractivity (Wildman–Crippen MR) is 101 cm³/mol. The van der Waals surface area contributed by atoms with E-state index in [1.807, 2.05) is 35.0 Å². The van der Waals surface area contributed by atoms with E-state index >= 15 is 0 Å². The number of halogens is 1. The number of nitrogens with zero attached hydrogens (tertiary/aromatic N) is 2. The maximum absolute atomic E-state index is 13.0. The number of carbonyl (C=O) groups is 1. The van der Waals surface area contributed by atoms with Crippen LogP contribution >= 0.6 is 11.8 Å². The molecule has 0 bridgehead atoms. The summed E-state index contributed by atoms with van der Waals surface area (Å²) in [5.74, 6) is 0.668. The fourth-order valence-corrected chi connectivity index (χ4v) is 3.82. The van der Waals surface area contributed by atoms with Gasteiger partial charge in [0.25, 0.3) is 0 Å². The molecule has 0 aliphatic heterocycles. The van der Waals surface area contributed by atoms with E-state index in [2.05, 4.69) is 5.32 Å². The van der Waals surface area contributed by atoms with Crippen LogP contribution in [0.15, 0.2) is 59.5 Å². The monoisotopic (exact) mass is 367 g/mol. The number of para-hydroxylation sites is 1. The minimum absolute atomic E-state index is 0.0916. The van der Waals surface area contributed by atoms with E-state index in [9.17, 15) is 9.18 Å². The summed E-state index contributed by atoms with van der Waals surface area (Å²) in [4.78, 5) is 13.4. The van der Waals surface area contributed by atoms with E-state index in [1.54, 1.807) is 12.1 Å². The molecule has 2 aromatic carbocycles. The van der Waals surface area contributed by atoms with Gasteiger partial charge in [-0.2, -0.15) is 5.10 Å². The lowest BCUT2D eigenvalue weighted by atomic mass is 10.2. The Morgan fingerprint density at radius 1 is 1.12 bits per heavy atom. The Hall–Kier alpha value is -2.60. The minimum Gasteiger partial charge on any atom is -0.310 e. The molecule has 0 unspecified atom stereocenters. The number of rotatable bonds is 5. The molecule has 1 aromatic heterocycles. The molecule has 0 spiro atoms. The second kappa shape index (κ2) is 7.33. The molecular weight excluding hydrogens is 349 g/mol. The van der Waals surface area contributed by atoms with Crippen molar-refractivity contribution in [2.24, 2.45) is 0 Å². The summed E-state index contributed by atoms with van der Waals surface area (Å²) < 4.78 is 14.8. The standard InChI is InChI=1S/C20H18FN3OS/c21-14-9-11-16(12-10-14)26-13-19(25)22-20-17-7-4-8-18(17)23-24(20)15-5-2-1-3-6-15/h1-3,5-6,9-12H,4,7-8,13H2,(H,22,25). The smallest absolute Gasteiger partial charge is 0.235 e. The minimum atomic E-state index is -0.277. The van der Waals surface area contributed by atoms with Crippen molar-refractivity contribution in [3.8, 4) is 5.69 Å². The van der Waals surface area contributed by atoms with Crippen LogP contribution in [0.1, 0.15) is 17.7 Å². The van der Waals surface area contributed by atoms with E-state index in [4.69, 9.17) is 5.10 Å². The third-order valence-corrected chi connectivity index (χ3v) is 5.36. The third-order valence-electron chi connectivity index (χ3n) is 4.35. The molecule has 0 atom stereocenters. The lowest BCUT2D eigenvalue weighted by molar-refractivity contribution is -0.113. The molecule has 0 saturated carbocycles. The van der Waals surface area contributed by atoms with E-state index in [-0.39, 0.29) is 17.5 Å². The van der Waals surface area contributed by atoms with Gasteiger partial charge in [0.2, 0.25) is 5.91 Å². The Morgan fingerprint density at radius 3 is 2.65 bits per heavy atom. The lowest BCUT2D eigenvalue weighted by Gasteiger charge is -2.11. The summed E-state index contributed by atoms with van der Waals surface area (Å²) in [6.45, 7) is 0. The summed E-state index contributed by atoms with van der Waals surface area (Å²) in [6, 6.07) is 16.0. The first kappa shape index (κ1) is 16.8. The molecule has 0 saturated heterocycles. The molecule has 1 amide bonds. The van der Waals surface area contributed by atoms with Crippen molar-refractivity contribution in [3.05, 3.63) is 71.7 Å². The number of anilines is 1. The van der Waals surface area contributed by atoms with Crippen LogP contribution in [0.4, 0.5) is 10.2 Å². The van der Waals surface area contributed by atoms with Gasteiger partial charge in [0.1, 0.15) is 11.6 Å². The van der Waals surface area contributed by atoms with Crippen molar-refractivity contribution in [3.63, 3.8) is 0 Å². The summed E-state index contributed by atoms with van der Waals surface area (Å²) in [5.41, 5.74) is 3.13. The van der Waals surface area contributed by atoms with Gasteiger partial charge in [-0.15, -0.1) is 11.8 Å². The van der Waals surface area contributed by atoms with Gasteiger partial charge in [0.05, 0.1) is 17.1 Å². The average Bonchev–Trinajstić information content (AvgIpc) is 3.25. The number of carbonyl (C=O) groups excluding carboxylic acids is 1. The van der Waals surface area contributed by atoms with Crippen LogP contribution in [0.2, 0.25) is 0 Å². The quantitative estimate of drug-likeness (QED) is 0.687. The van der Waals surface area contributed by atoms with E-state index in [0.29, 0.717) is 0 Å². The zero-order valence-electron chi connectivity index (χ0n) is 14.1. The second-order valence-corrected chi connectivity index (χ2v) is 7.21. The van der Waals surface area contributed by atoms with Crippen molar-refractivity contribution in [2.45, 2.75) is 24.2 Å². The summed E-state index contributed by atoms with van der Waals surface area (Å²) in [5, 5.41) is 7.73. The highest BCUT2D eigenvalue weighted by Crippen LogP contribution is 2.31. The van der Waals surface area contributed by atoms with Gasteiger partial charge in [0, 0.05) is 10.5 Å². The molecule has 0 radical (unpaired) electrons. The largest absolute Gasteiger partial charge is 0.310 e. The van der Waals surface area contributed by atoms with Crippen LogP contribution in [0, 0.1) is 5.82 Å². The molecule has 4 nitrogen and oxygen atoms in total. The number of aromatic nitrogens is 2. The number of thioether (sulfide) groups is 1. The molecule has 1 N–H and O–H groups in total. The molecule has 26 heavy (non-hydrogen) atoms. The topological polar surface area (TPSA) is 46.9 Å². The average molecular weight is 367 g/mol. The van der Waals surface area contributed by atoms with Gasteiger partial charge in [-0.3, -0.25) is 4.79 Å². The molecule has 1 heterocycles. The van der Waals surface area contributed by atoms with Crippen molar-refractivity contribution < 1.29 is 9.18 Å². The summed E-state index contributed by atoms with van der Waals surface area (Å²) in [6.07, 6.45) is 2.95. The molecule has 0 fully saturated rings. The maximum atomic E-state index is 13.0. The predicted octanol–water partition coefficient (Wildman–Crippen LogP) is 4.23. The van der Waals surface area contributed by atoms with Crippen LogP contribution in [-0.4, -0.2) is 21.4 Å². The number of hydrogen-bond donors (Lipinski definition) is 1. The second-order valence-electron chi connectivity index (χ2n) is 6.17. The summed E-state index contributed by atoms with van der Waals surface area (Å²) in [7, 11) is 0. The number of benzene rings is 2. The Labute approximate surface area is 155 Å². The number of nitrogens with one attached hydrogen (secondary N) is 1. The number of fused-ring (bicyclic) bond motifs is 1. The van der Waals surface area contributed by atoms with E-state index < -0.39 is 0 Å². The van der Waals surface area contributed by atoms with Crippen molar-refractivity contribution in [1.82, 2.24) is 9.78 Å². The normalized spacial score (nSPS) is 12.8. The first-order valence-corrected chi connectivity index (χ1v) is 9.54. The van der Waals surface area contributed by atoms with Crippen LogP contribution in [-0.2, 0) is 17.6 Å². The number of aryl methyl sites for hydroxylation is 1. The Bertz CT molecular complexity index is 922. The Balaban J connectivity index is 1.52.